The van der Waals surface area contributed by atoms with Crippen molar-refractivity contribution in [1.82, 2.24) is 24.0 Å². The van der Waals surface area contributed by atoms with E-state index in [0.29, 0.717) is 52.7 Å². The van der Waals surface area contributed by atoms with Gasteiger partial charge in [-0.25, -0.2) is 22.8 Å². The van der Waals surface area contributed by atoms with Gasteiger partial charge in [0.2, 0.25) is 0 Å². The normalized spacial score (nSPS) is 24.8. The number of fused-ring (bicyclic) bond motifs is 2. The Bertz CT molecular complexity index is 1940. The Morgan fingerprint density at radius 2 is 1.88 bits per heavy atom. The van der Waals surface area contributed by atoms with Crippen molar-refractivity contribution in [2.45, 2.75) is 64.3 Å². The summed E-state index contributed by atoms with van der Waals surface area (Å²) in [6, 6.07) is 8.88. The lowest BCUT2D eigenvalue weighted by molar-refractivity contribution is -0.0204. The molecule has 9 nitrogen and oxygen atoms in total. The first-order chi connectivity index (χ1) is 20.4. The SMILES string of the molecule is CC(C)(O)c1ccc2cc(-c3nc4cc(C(=O)N5C[C@H]6CC7C[C@@H]5[C@H]76)cc(F)c4n3CCS(C)(=O)=O)n(CC3CC3)c2n1. The highest BCUT2D eigenvalue weighted by molar-refractivity contribution is 7.90. The zero-order valence-corrected chi connectivity index (χ0v) is 25.4. The molecule has 11 heteroatoms. The number of likely N-dealkylation sites (tertiary alicyclic amines) is 1. The molecular formula is C32H36FN5O4S. The molecule has 1 N–H and O–H groups in total. The Morgan fingerprint density at radius 1 is 1.09 bits per heavy atom. The molecule has 0 spiro atoms. The minimum atomic E-state index is -3.36. The van der Waals surface area contributed by atoms with Gasteiger partial charge in [-0.2, -0.15) is 0 Å². The number of nitrogens with zero attached hydrogens (tertiary/aromatic N) is 5. The van der Waals surface area contributed by atoms with Crippen LogP contribution in [-0.2, 0) is 28.5 Å². The minimum Gasteiger partial charge on any atom is -0.384 e. The van der Waals surface area contributed by atoms with Crippen molar-refractivity contribution in [2.24, 2.45) is 23.7 Å². The summed E-state index contributed by atoms with van der Waals surface area (Å²) >= 11 is 0. The van der Waals surface area contributed by atoms with Crippen LogP contribution in [-0.4, -0.2) is 68.0 Å². The number of halogens is 1. The van der Waals surface area contributed by atoms with E-state index in [4.69, 9.17) is 9.97 Å². The van der Waals surface area contributed by atoms with Gasteiger partial charge in [0.25, 0.3) is 5.91 Å². The van der Waals surface area contributed by atoms with Crippen LogP contribution in [0.4, 0.5) is 4.39 Å². The van der Waals surface area contributed by atoms with Gasteiger partial charge in [0.1, 0.15) is 32.4 Å². The number of carbonyl (C=O) groups excluding carboxylic acids is 1. The first-order valence-electron chi connectivity index (χ1n) is 15.3. The molecule has 1 amide bonds. The second-order valence-electron chi connectivity index (χ2n) is 13.9. The van der Waals surface area contributed by atoms with Crippen LogP contribution >= 0.6 is 0 Å². The van der Waals surface area contributed by atoms with E-state index >= 15 is 4.39 Å². The molecule has 3 aromatic heterocycles. The summed E-state index contributed by atoms with van der Waals surface area (Å²) in [4.78, 5) is 25.3. The summed E-state index contributed by atoms with van der Waals surface area (Å²) in [6.07, 6.45) is 5.58. The number of benzene rings is 1. The third-order valence-corrected chi connectivity index (χ3v) is 11.2. The highest BCUT2D eigenvalue weighted by Crippen LogP contribution is 2.60. The summed E-state index contributed by atoms with van der Waals surface area (Å²) < 4.78 is 44.3. The Morgan fingerprint density at radius 3 is 2.56 bits per heavy atom. The van der Waals surface area contributed by atoms with Crippen LogP contribution in [0.5, 0.6) is 0 Å². The average molecular weight is 606 g/mol. The molecule has 0 bridgehead atoms. The minimum absolute atomic E-state index is 0.0150. The number of imidazole rings is 1. The third-order valence-electron chi connectivity index (χ3n) is 10.2. The molecule has 1 saturated heterocycles. The molecule has 4 aromatic rings. The maximum atomic E-state index is 16.1. The Hall–Kier alpha value is -3.31. The lowest BCUT2D eigenvalue weighted by atomic mass is 9.53. The van der Waals surface area contributed by atoms with E-state index in [-0.39, 0.29) is 35.3 Å². The average Bonchev–Trinajstić information content (AvgIpc) is 3.56. The van der Waals surface area contributed by atoms with Crippen LogP contribution in [0.2, 0.25) is 0 Å². The quantitative estimate of drug-likeness (QED) is 0.320. The maximum absolute atomic E-state index is 16.1. The molecule has 4 fully saturated rings. The Balaban J connectivity index is 1.28. The number of aromatic nitrogens is 4. The maximum Gasteiger partial charge on any atom is 0.254 e. The molecule has 1 aromatic carbocycles. The summed E-state index contributed by atoms with van der Waals surface area (Å²) in [5.74, 6) is 1.91. The van der Waals surface area contributed by atoms with Crippen molar-refractivity contribution in [2.75, 3.05) is 18.6 Å². The van der Waals surface area contributed by atoms with E-state index in [1.165, 1.54) is 18.7 Å². The van der Waals surface area contributed by atoms with E-state index < -0.39 is 21.3 Å². The lowest BCUT2D eigenvalue weighted by Crippen LogP contribution is -2.53. The number of sulfone groups is 1. The first-order valence-corrected chi connectivity index (χ1v) is 17.3. The smallest absolute Gasteiger partial charge is 0.254 e. The summed E-state index contributed by atoms with van der Waals surface area (Å²) in [6.45, 7) is 4.82. The van der Waals surface area contributed by atoms with Crippen LogP contribution in [0.25, 0.3) is 33.6 Å². The van der Waals surface area contributed by atoms with E-state index in [1.807, 2.05) is 17.0 Å². The first kappa shape index (κ1) is 27.3. The number of pyridine rings is 1. The van der Waals surface area contributed by atoms with Crippen molar-refractivity contribution in [3.63, 3.8) is 0 Å². The van der Waals surface area contributed by atoms with Gasteiger partial charge in [0.15, 0.2) is 5.82 Å². The number of carbonyl (C=O) groups is 1. The number of aryl methyl sites for hydroxylation is 1. The predicted molar refractivity (Wildman–Crippen MR) is 161 cm³/mol. The molecule has 3 aliphatic carbocycles. The molecule has 3 saturated carbocycles. The van der Waals surface area contributed by atoms with Crippen molar-refractivity contribution in [1.29, 1.82) is 0 Å². The topological polar surface area (TPSA) is 110 Å². The zero-order valence-electron chi connectivity index (χ0n) is 24.6. The van der Waals surface area contributed by atoms with Gasteiger partial charge >= 0.3 is 0 Å². The molecule has 0 radical (unpaired) electrons. The molecule has 8 rings (SSSR count). The second-order valence-corrected chi connectivity index (χ2v) is 16.1. The zero-order chi connectivity index (χ0) is 30.0. The monoisotopic (exact) mass is 605 g/mol. The number of amides is 1. The largest absolute Gasteiger partial charge is 0.384 e. The fourth-order valence-electron chi connectivity index (χ4n) is 7.77. The fourth-order valence-corrected chi connectivity index (χ4v) is 8.29. The van der Waals surface area contributed by atoms with Gasteiger partial charge in [0, 0.05) is 42.9 Å². The van der Waals surface area contributed by atoms with Gasteiger partial charge in [-0.05, 0) is 93.5 Å². The van der Waals surface area contributed by atoms with Gasteiger partial charge < -0.3 is 19.1 Å². The standard InChI is InChI=1S/C32H36FN5O4S/c1-32(2,40)26-7-6-18-13-25(37(29(18)35-26)15-17-4-5-17)30-34-23-12-20(11-22(33)28(23)36(30)8-9-43(3,41)42)31(39)38-16-21-10-19-14-24(38)27(19)21/h6-7,11-13,17,19,21,24,27,40H,4-5,8-10,14-16H2,1-3H3/t19?,21-,24-,27-/m1/s1. The van der Waals surface area contributed by atoms with Gasteiger partial charge in [0.05, 0.1) is 22.7 Å². The fraction of sp³-hybridized carbons (Fsp3) is 0.531. The highest BCUT2D eigenvalue weighted by Gasteiger charge is 2.61. The Kier molecular flexibility index (Phi) is 5.77. The highest BCUT2D eigenvalue weighted by atomic mass is 32.2. The van der Waals surface area contributed by atoms with Crippen molar-refractivity contribution in [3.05, 3.63) is 47.4 Å². The van der Waals surface area contributed by atoms with E-state index in [9.17, 15) is 18.3 Å². The van der Waals surface area contributed by atoms with Crippen LogP contribution in [0.1, 0.15) is 55.6 Å². The molecule has 226 valence electrons. The van der Waals surface area contributed by atoms with Crippen molar-refractivity contribution >= 4 is 37.8 Å². The van der Waals surface area contributed by atoms with Crippen LogP contribution in [0, 0.1) is 29.5 Å². The summed E-state index contributed by atoms with van der Waals surface area (Å²) in [5.41, 5.74) is 1.60. The molecular weight excluding hydrogens is 569 g/mol. The Labute approximate surface area is 249 Å². The van der Waals surface area contributed by atoms with Crippen LogP contribution < -0.4 is 0 Å². The van der Waals surface area contributed by atoms with Gasteiger partial charge in [-0.3, -0.25) is 4.79 Å². The molecule has 4 aliphatic rings. The van der Waals surface area contributed by atoms with Gasteiger partial charge in [-0.15, -0.1) is 0 Å². The second kappa shape index (κ2) is 9.11. The third kappa shape index (κ3) is 4.41. The van der Waals surface area contributed by atoms with E-state index in [1.54, 1.807) is 30.5 Å². The number of hydrogen-bond donors (Lipinski definition) is 1. The molecule has 1 aliphatic heterocycles. The van der Waals surface area contributed by atoms with Crippen molar-refractivity contribution < 1.29 is 22.7 Å². The summed E-state index contributed by atoms with van der Waals surface area (Å²) in [5, 5.41) is 11.5. The number of rotatable bonds is 8. The van der Waals surface area contributed by atoms with Gasteiger partial charge in [-0.1, -0.05) is 0 Å². The van der Waals surface area contributed by atoms with Crippen molar-refractivity contribution in [3.8, 4) is 11.5 Å². The van der Waals surface area contributed by atoms with Crippen LogP contribution in [0.3, 0.4) is 0 Å². The van der Waals surface area contributed by atoms with Crippen LogP contribution in [0.15, 0.2) is 30.3 Å². The molecule has 4 atom stereocenters. The molecule has 4 heterocycles. The van der Waals surface area contributed by atoms with E-state index in [2.05, 4.69) is 4.57 Å². The summed E-state index contributed by atoms with van der Waals surface area (Å²) in [7, 11) is -3.36. The molecule has 43 heavy (non-hydrogen) atoms. The van der Waals surface area contributed by atoms with E-state index in [0.717, 1.165) is 37.1 Å². The number of hydrogen-bond acceptors (Lipinski definition) is 6. The predicted octanol–water partition coefficient (Wildman–Crippen LogP) is 4.35. The molecule has 1 unspecified atom stereocenters. The number of aliphatic hydroxyl groups is 1. The lowest BCUT2D eigenvalue weighted by Gasteiger charge is -2.52.